The van der Waals surface area contributed by atoms with Gasteiger partial charge in [0.25, 0.3) is 11.8 Å². The lowest BCUT2D eigenvalue weighted by Crippen LogP contribution is -2.44. The van der Waals surface area contributed by atoms with Gasteiger partial charge in [0.15, 0.2) is 0 Å². The number of thioether (sulfide) groups is 1. The Bertz CT molecular complexity index is 1070. The maximum atomic E-state index is 13.9. The molecule has 8 nitrogen and oxygen atoms in total. The normalized spacial score (nSPS) is 20.4. The first-order chi connectivity index (χ1) is 17.4. The summed E-state index contributed by atoms with van der Waals surface area (Å²) < 4.78 is 25.4. The number of carbonyl (C=O) groups excluding carboxylic acids is 2. The number of phenols is 1. The minimum atomic E-state index is -0.584. The minimum Gasteiger partial charge on any atom is -0.508 e. The maximum Gasteiger partial charge on any atom is 0.257 e. The second-order valence-corrected chi connectivity index (χ2v) is 10.3. The number of aromatic nitrogens is 1. The molecule has 2 heterocycles. The van der Waals surface area contributed by atoms with Crippen LogP contribution in [0.25, 0.3) is 0 Å². The number of aromatic hydroxyl groups is 1. The summed E-state index contributed by atoms with van der Waals surface area (Å²) in [4.78, 5) is 29.8. The predicted octanol–water partition coefficient (Wildman–Crippen LogP) is 4.07. The van der Waals surface area contributed by atoms with Crippen molar-refractivity contribution in [2.75, 3.05) is 18.1 Å². The summed E-state index contributed by atoms with van der Waals surface area (Å²) >= 11 is 1.87. The highest BCUT2D eigenvalue weighted by molar-refractivity contribution is 7.99. The monoisotopic (exact) mass is 517 g/mol. The summed E-state index contributed by atoms with van der Waals surface area (Å²) in [5, 5.41) is 15.7. The van der Waals surface area contributed by atoms with Crippen molar-refractivity contribution < 1.29 is 28.6 Å². The summed E-state index contributed by atoms with van der Waals surface area (Å²) in [5.41, 5.74) is 0.479. The number of carbonyl (C=O) groups is 2. The van der Waals surface area contributed by atoms with Gasteiger partial charge in [-0.3, -0.25) is 9.59 Å². The quantitative estimate of drug-likeness (QED) is 0.484. The smallest absolute Gasteiger partial charge is 0.257 e. The van der Waals surface area contributed by atoms with Gasteiger partial charge < -0.3 is 25.2 Å². The van der Waals surface area contributed by atoms with Crippen molar-refractivity contribution in [2.24, 2.45) is 0 Å². The molecule has 1 saturated heterocycles. The van der Waals surface area contributed by atoms with Crippen molar-refractivity contribution >= 4 is 23.6 Å². The Morgan fingerprint density at radius 2 is 1.67 bits per heavy atom. The van der Waals surface area contributed by atoms with Gasteiger partial charge in [0, 0.05) is 18.2 Å². The fraction of sp³-hybridized carbons (Fsp3) is 0.500. The van der Waals surface area contributed by atoms with E-state index in [1.807, 2.05) is 18.7 Å². The molecule has 36 heavy (non-hydrogen) atoms. The SMILES string of the molecule is CCOc1cc(O)ccc1C(=O)NC1CCC(NC(=O)c2cc(F)cnc2OC2CCSCC2)CC1. The van der Waals surface area contributed by atoms with Crippen molar-refractivity contribution in [3.8, 4) is 17.4 Å². The Morgan fingerprint density at radius 3 is 2.31 bits per heavy atom. The molecule has 2 aliphatic rings. The van der Waals surface area contributed by atoms with Crippen LogP contribution in [0, 0.1) is 5.82 Å². The molecule has 1 aromatic carbocycles. The molecule has 2 aromatic rings. The van der Waals surface area contributed by atoms with E-state index < -0.39 is 11.7 Å². The molecular weight excluding hydrogens is 485 g/mol. The average Bonchev–Trinajstić information content (AvgIpc) is 2.87. The van der Waals surface area contributed by atoms with Crippen LogP contribution in [0.3, 0.4) is 0 Å². The van der Waals surface area contributed by atoms with Gasteiger partial charge in [-0.2, -0.15) is 11.8 Å². The number of nitrogens with zero attached hydrogens (tertiary/aromatic N) is 1. The zero-order valence-corrected chi connectivity index (χ0v) is 21.1. The Morgan fingerprint density at radius 1 is 1.03 bits per heavy atom. The second-order valence-electron chi connectivity index (χ2n) is 9.04. The molecule has 1 aromatic heterocycles. The lowest BCUT2D eigenvalue weighted by Gasteiger charge is -2.30. The minimum absolute atomic E-state index is 0.0216. The number of hydrogen-bond donors (Lipinski definition) is 3. The largest absolute Gasteiger partial charge is 0.508 e. The van der Waals surface area contributed by atoms with E-state index in [0.717, 1.165) is 30.5 Å². The average molecular weight is 518 g/mol. The third kappa shape index (κ3) is 6.81. The van der Waals surface area contributed by atoms with Crippen molar-refractivity contribution in [3.63, 3.8) is 0 Å². The summed E-state index contributed by atoms with van der Waals surface area (Å²) in [7, 11) is 0. The van der Waals surface area contributed by atoms with Gasteiger partial charge in [-0.15, -0.1) is 0 Å². The van der Waals surface area contributed by atoms with Crippen LogP contribution in [0.15, 0.2) is 30.5 Å². The van der Waals surface area contributed by atoms with Crippen molar-refractivity contribution in [1.29, 1.82) is 0 Å². The number of pyridine rings is 1. The van der Waals surface area contributed by atoms with Crippen molar-refractivity contribution in [1.82, 2.24) is 15.6 Å². The third-order valence-corrected chi connectivity index (χ3v) is 7.47. The molecule has 3 N–H and O–H groups in total. The summed E-state index contributed by atoms with van der Waals surface area (Å²) in [6, 6.07) is 5.45. The molecule has 1 saturated carbocycles. The van der Waals surface area contributed by atoms with E-state index in [0.29, 0.717) is 43.6 Å². The highest BCUT2D eigenvalue weighted by Gasteiger charge is 2.27. The summed E-state index contributed by atoms with van der Waals surface area (Å²) in [6.45, 7) is 2.19. The molecule has 0 unspecified atom stereocenters. The molecular formula is C26H32FN3O5S. The van der Waals surface area contributed by atoms with Gasteiger partial charge in [-0.25, -0.2) is 9.37 Å². The zero-order valence-electron chi connectivity index (χ0n) is 20.3. The molecule has 0 radical (unpaired) electrons. The molecule has 0 bridgehead atoms. The number of ether oxygens (including phenoxy) is 2. The molecule has 2 fully saturated rings. The van der Waals surface area contributed by atoms with Crippen LogP contribution in [-0.4, -0.2) is 58.2 Å². The van der Waals surface area contributed by atoms with E-state index >= 15 is 0 Å². The van der Waals surface area contributed by atoms with E-state index in [1.165, 1.54) is 18.2 Å². The standard InChI is InChI=1S/C26H32FN3O5S/c1-2-34-23-14-19(31)7-8-21(23)24(32)29-17-3-5-18(6-4-17)30-25(33)22-13-16(27)15-28-26(22)35-20-9-11-36-12-10-20/h7-8,13-15,17-18,20,31H,2-6,9-12H2,1H3,(H,29,32)(H,30,33). The number of nitrogens with one attached hydrogen (secondary N) is 2. The fourth-order valence-electron chi connectivity index (χ4n) is 4.52. The number of amides is 2. The highest BCUT2D eigenvalue weighted by atomic mass is 32.2. The Hall–Kier alpha value is -3.01. The van der Waals surface area contributed by atoms with Gasteiger partial charge in [0.1, 0.15) is 29.0 Å². The van der Waals surface area contributed by atoms with Gasteiger partial charge in [0.05, 0.1) is 18.4 Å². The Labute approximate surface area is 214 Å². The Balaban J connectivity index is 1.31. The lowest BCUT2D eigenvalue weighted by molar-refractivity contribution is 0.0884. The Kier molecular flexibility index (Phi) is 8.90. The van der Waals surface area contributed by atoms with E-state index in [2.05, 4.69) is 15.6 Å². The van der Waals surface area contributed by atoms with Crippen LogP contribution < -0.4 is 20.1 Å². The zero-order chi connectivity index (χ0) is 25.5. The second kappa shape index (κ2) is 12.3. The highest BCUT2D eigenvalue weighted by Crippen LogP contribution is 2.27. The van der Waals surface area contributed by atoms with Gasteiger partial charge in [-0.1, -0.05) is 0 Å². The summed E-state index contributed by atoms with van der Waals surface area (Å²) in [5.74, 6) is 1.28. The van der Waals surface area contributed by atoms with E-state index in [4.69, 9.17) is 9.47 Å². The molecule has 4 rings (SSSR count). The van der Waals surface area contributed by atoms with Gasteiger partial charge >= 0.3 is 0 Å². The first-order valence-electron chi connectivity index (χ1n) is 12.4. The van der Waals surface area contributed by atoms with E-state index in [1.54, 1.807) is 6.07 Å². The first kappa shape index (κ1) is 26.1. The molecule has 1 aliphatic carbocycles. The first-order valence-corrected chi connectivity index (χ1v) is 13.6. The molecule has 10 heteroatoms. The maximum absolute atomic E-state index is 13.9. The van der Waals surface area contributed by atoms with Crippen LogP contribution >= 0.6 is 11.8 Å². The fourth-order valence-corrected chi connectivity index (χ4v) is 5.58. The van der Waals surface area contributed by atoms with Crippen molar-refractivity contribution in [2.45, 2.75) is 63.6 Å². The number of phenolic OH excluding ortho intramolecular Hbond substituents is 1. The topological polar surface area (TPSA) is 110 Å². The third-order valence-electron chi connectivity index (χ3n) is 6.42. The number of hydrogen-bond acceptors (Lipinski definition) is 7. The predicted molar refractivity (Wildman–Crippen MR) is 135 cm³/mol. The van der Waals surface area contributed by atoms with E-state index in [9.17, 15) is 19.1 Å². The van der Waals surface area contributed by atoms with Crippen LogP contribution in [0.2, 0.25) is 0 Å². The van der Waals surface area contributed by atoms with E-state index in [-0.39, 0.29) is 41.3 Å². The number of benzene rings is 1. The number of halogens is 1. The molecule has 194 valence electrons. The lowest BCUT2D eigenvalue weighted by atomic mass is 9.90. The molecule has 0 spiro atoms. The van der Waals surface area contributed by atoms with Gasteiger partial charge in [-0.05, 0) is 75.2 Å². The molecule has 0 atom stereocenters. The van der Waals surface area contributed by atoms with Crippen LogP contribution in [0.4, 0.5) is 4.39 Å². The number of rotatable bonds is 8. The van der Waals surface area contributed by atoms with Crippen LogP contribution in [0.1, 0.15) is 66.2 Å². The molecule has 1 aliphatic heterocycles. The summed E-state index contributed by atoms with van der Waals surface area (Å²) in [6.07, 6.45) is 5.50. The molecule has 2 amide bonds. The van der Waals surface area contributed by atoms with Crippen molar-refractivity contribution in [3.05, 3.63) is 47.4 Å². The van der Waals surface area contributed by atoms with Crippen LogP contribution in [-0.2, 0) is 0 Å². The van der Waals surface area contributed by atoms with Crippen LogP contribution in [0.5, 0.6) is 17.4 Å². The van der Waals surface area contributed by atoms with Gasteiger partial charge in [0.2, 0.25) is 5.88 Å².